The van der Waals surface area contributed by atoms with E-state index >= 15 is 0 Å². The normalized spacial score (nSPS) is 34.1. The summed E-state index contributed by atoms with van der Waals surface area (Å²) in [7, 11) is 2.26. The number of nitrogens with zero attached hydrogens (tertiary/aromatic N) is 1. The van der Waals surface area contributed by atoms with E-state index in [4.69, 9.17) is 0 Å². The second kappa shape index (κ2) is 6.02. The molecule has 2 N–H and O–H groups in total. The van der Waals surface area contributed by atoms with Gasteiger partial charge in [-0.15, -0.1) is 0 Å². The van der Waals surface area contributed by atoms with Crippen molar-refractivity contribution in [1.82, 2.24) is 15.5 Å². The van der Waals surface area contributed by atoms with Crippen LogP contribution in [-0.2, 0) is 4.79 Å². The Morgan fingerprint density at radius 3 is 2.50 bits per heavy atom. The van der Waals surface area contributed by atoms with Gasteiger partial charge in [-0.05, 0) is 46.6 Å². The molecular weight excluding hydrogens is 226 g/mol. The first-order chi connectivity index (χ1) is 8.61. The molecule has 4 nitrogen and oxygen atoms in total. The lowest BCUT2D eigenvalue weighted by molar-refractivity contribution is -0.123. The van der Waals surface area contributed by atoms with Crippen molar-refractivity contribution in [2.75, 3.05) is 13.6 Å². The molecule has 2 aliphatic heterocycles. The van der Waals surface area contributed by atoms with E-state index in [0.29, 0.717) is 12.6 Å². The van der Waals surface area contributed by atoms with Gasteiger partial charge in [-0.1, -0.05) is 6.42 Å². The fourth-order valence-corrected chi connectivity index (χ4v) is 3.51. The molecule has 2 rings (SSSR count). The third-order valence-electron chi connectivity index (χ3n) is 4.57. The Bertz CT molecular complexity index is 281. The van der Waals surface area contributed by atoms with Crippen LogP contribution < -0.4 is 10.6 Å². The van der Waals surface area contributed by atoms with Crippen LogP contribution in [0.4, 0.5) is 0 Å². The minimum absolute atomic E-state index is 0.0703. The number of carbonyl (C=O) groups is 1. The zero-order valence-corrected chi connectivity index (χ0v) is 11.9. The highest BCUT2D eigenvalue weighted by atomic mass is 16.2. The Morgan fingerprint density at radius 1 is 1.33 bits per heavy atom. The van der Waals surface area contributed by atoms with Gasteiger partial charge in [-0.25, -0.2) is 0 Å². The molecule has 1 amide bonds. The number of hydrogen-bond acceptors (Lipinski definition) is 3. The van der Waals surface area contributed by atoms with Crippen LogP contribution in [0.1, 0.15) is 46.0 Å². The smallest absolute Gasteiger partial charge is 0.236 e. The van der Waals surface area contributed by atoms with E-state index in [-0.39, 0.29) is 11.9 Å². The zero-order valence-electron chi connectivity index (χ0n) is 11.9. The van der Waals surface area contributed by atoms with Gasteiger partial charge in [0.25, 0.3) is 0 Å². The first kappa shape index (κ1) is 13.8. The fraction of sp³-hybridized carbons (Fsp3) is 0.929. The molecule has 3 unspecified atom stereocenters. The van der Waals surface area contributed by atoms with Crippen molar-refractivity contribution >= 4 is 5.91 Å². The van der Waals surface area contributed by atoms with Gasteiger partial charge < -0.3 is 15.5 Å². The van der Waals surface area contributed by atoms with Crippen LogP contribution in [0.5, 0.6) is 0 Å². The van der Waals surface area contributed by atoms with Crippen LogP contribution in [-0.4, -0.2) is 48.6 Å². The van der Waals surface area contributed by atoms with E-state index in [1.165, 1.54) is 32.1 Å². The summed E-state index contributed by atoms with van der Waals surface area (Å²) in [6.45, 7) is 4.65. The predicted molar refractivity (Wildman–Crippen MR) is 73.5 cm³/mol. The van der Waals surface area contributed by atoms with Crippen molar-refractivity contribution in [3.05, 3.63) is 0 Å². The van der Waals surface area contributed by atoms with Crippen LogP contribution >= 0.6 is 0 Å². The average molecular weight is 253 g/mol. The Kier molecular flexibility index (Phi) is 4.62. The van der Waals surface area contributed by atoms with Gasteiger partial charge in [-0.2, -0.15) is 0 Å². The Hall–Kier alpha value is -0.610. The van der Waals surface area contributed by atoms with Crippen molar-refractivity contribution in [3.63, 3.8) is 0 Å². The number of nitrogens with one attached hydrogen (secondary N) is 2. The minimum atomic E-state index is -0.0703. The molecule has 0 aromatic rings. The van der Waals surface area contributed by atoms with Crippen LogP contribution in [0.25, 0.3) is 0 Å². The molecule has 0 aliphatic carbocycles. The first-order valence-electron chi connectivity index (χ1n) is 7.37. The summed E-state index contributed by atoms with van der Waals surface area (Å²) in [5.74, 6) is 0.126. The van der Waals surface area contributed by atoms with Gasteiger partial charge >= 0.3 is 0 Å². The van der Waals surface area contributed by atoms with Gasteiger partial charge in [0.05, 0.1) is 6.04 Å². The van der Waals surface area contributed by atoms with Crippen molar-refractivity contribution in [3.8, 4) is 0 Å². The second-order valence-electron chi connectivity index (χ2n) is 5.86. The van der Waals surface area contributed by atoms with Crippen molar-refractivity contribution in [2.45, 2.75) is 70.1 Å². The van der Waals surface area contributed by atoms with Gasteiger partial charge in [0, 0.05) is 24.7 Å². The van der Waals surface area contributed by atoms with Gasteiger partial charge in [-0.3, -0.25) is 4.79 Å². The van der Waals surface area contributed by atoms with Gasteiger partial charge in [0.15, 0.2) is 0 Å². The quantitative estimate of drug-likeness (QED) is 0.789. The summed E-state index contributed by atoms with van der Waals surface area (Å²) in [5, 5.41) is 6.40. The first-order valence-corrected chi connectivity index (χ1v) is 7.37. The van der Waals surface area contributed by atoms with Crippen molar-refractivity contribution in [2.24, 2.45) is 0 Å². The molecule has 104 valence electrons. The maximum atomic E-state index is 11.7. The molecule has 0 aromatic heterocycles. The molecule has 2 heterocycles. The number of fused-ring (bicyclic) bond motifs is 2. The lowest BCUT2D eigenvalue weighted by Gasteiger charge is -2.47. The summed E-state index contributed by atoms with van der Waals surface area (Å²) in [6, 6.07) is 1.88. The summed E-state index contributed by atoms with van der Waals surface area (Å²) in [6.07, 6.45) is 6.40. The molecule has 0 saturated carbocycles. The monoisotopic (exact) mass is 253 g/mol. The molecular formula is C14H27N3O. The number of carbonyl (C=O) groups excluding carboxylic acids is 1. The third kappa shape index (κ3) is 3.04. The van der Waals surface area contributed by atoms with Crippen LogP contribution in [0, 0.1) is 0 Å². The maximum Gasteiger partial charge on any atom is 0.236 e. The number of amides is 1. The second-order valence-corrected chi connectivity index (χ2v) is 5.86. The third-order valence-corrected chi connectivity index (χ3v) is 4.57. The molecule has 2 saturated heterocycles. The fourth-order valence-electron chi connectivity index (χ4n) is 3.51. The molecule has 18 heavy (non-hydrogen) atoms. The summed E-state index contributed by atoms with van der Waals surface area (Å²) >= 11 is 0. The molecule has 4 heteroatoms. The Balaban J connectivity index is 1.86. The van der Waals surface area contributed by atoms with Crippen LogP contribution in [0.15, 0.2) is 0 Å². The lowest BCUT2D eigenvalue weighted by atomic mass is 9.82. The summed E-state index contributed by atoms with van der Waals surface area (Å²) < 4.78 is 0. The average Bonchev–Trinajstić information content (AvgIpc) is 2.30. The van der Waals surface area contributed by atoms with Crippen molar-refractivity contribution < 1.29 is 4.79 Å². The highest BCUT2D eigenvalue weighted by Gasteiger charge is 2.36. The molecule has 0 aromatic carbocycles. The topological polar surface area (TPSA) is 44.4 Å². The molecule has 2 aliphatic rings. The molecule has 2 bridgehead atoms. The Labute approximate surface area is 110 Å². The maximum absolute atomic E-state index is 11.7. The van der Waals surface area contributed by atoms with E-state index in [9.17, 15) is 4.79 Å². The van der Waals surface area contributed by atoms with Crippen LogP contribution in [0.2, 0.25) is 0 Å². The van der Waals surface area contributed by atoms with E-state index in [0.717, 1.165) is 12.1 Å². The Morgan fingerprint density at radius 2 is 1.94 bits per heavy atom. The summed E-state index contributed by atoms with van der Waals surface area (Å²) in [4.78, 5) is 14.3. The summed E-state index contributed by atoms with van der Waals surface area (Å²) in [5.41, 5.74) is 0. The lowest BCUT2D eigenvalue weighted by Crippen LogP contribution is -2.57. The standard InChI is InChI=1S/C14H27N3O/c1-4-15-14(18)10(2)16-11-8-12-6-5-7-13(9-11)17(12)3/h10-13,16H,4-9H2,1-3H3,(H,15,18). The van der Waals surface area contributed by atoms with E-state index in [1.54, 1.807) is 0 Å². The van der Waals surface area contributed by atoms with Crippen molar-refractivity contribution in [1.29, 1.82) is 0 Å². The van der Waals surface area contributed by atoms with Crippen LogP contribution in [0.3, 0.4) is 0 Å². The molecule has 2 fully saturated rings. The molecule has 0 spiro atoms. The number of piperidine rings is 2. The number of hydrogen-bond donors (Lipinski definition) is 2. The van der Waals surface area contributed by atoms with Gasteiger partial charge in [0.1, 0.15) is 0 Å². The van der Waals surface area contributed by atoms with Gasteiger partial charge in [0.2, 0.25) is 5.91 Å². The predicted octanol–water partition coefficient (Wildman–Crippen LogP) is 1.12. The zero-order chi connectivity index (χ0) is 13.1. The number of rotatable bonds is 4. The SMILES string of the molecule is CCNC(=O)C(C)NC1CC2CCCC(C1)N2C. The largest absolute Gasteiger partial charge is 0.355 e. The minimum Gasteiger partial charge on any atom is -0.355 e. The molecule has 0 radical (unpaired) electrons. The highest BCUT2D eigenvalue weighted by Crippen LogP contribution is 2.32. The van der Waals surface area contributed by atoms with E-state index in [1.807, 2.05) is 13.8 Å². The number of likely N-dealkylation sites (N-methyl/N-ethyl adjacent to an activating group) is 1. The van der Waals surface area contributed by atoms with E-state index < -0.39 is 0 Å². The molecule has 3 atom stereocenters. The highest BCUT2D eigenvalue weighted by molar-refractivity contribution is 5.81. The van der Waals surface area contributed by atoms with E-state index in [2.05, 4.69) is 22.6 Å².